The summed E-state index contributed by atoms with van der Waals surface area (Å²) in [6, 6.07) is 7.43. The third-order valence-electron chi connectivity index (χ3n) is 3.90. The molecule has 0 aliphatic heterocycles. The summed E-state index contributed by atoms with van der Waals surface area (Å²) >= 11 is 11.8. The lowest BCUT2D eigenvalue weighted by molar-refractivity contribution is 0.0921. The fourth-order valence-electron chi connectivity index (χ4n) is 2.79. The lowest BCUT2D eigenvalue weighted by Gasteiger charge is -2.08. The van der Waals surface area contributed by atoms with Crippen LogP contribution in [0, 0.1) is 13.8 Å². The molecule has 1 aromatic heterocycles. The second kappa shape index (κ2) is 5.98. The maximum atomic E-state index is 12.4. The lowest BCUT2D eigenvalue weighted by Crippen LogP contribution is -2.12. The molecule has 0 spiro atoms. The normalized spacial score (nSPS) is 14.2. The summed E-state index contributed by atoms with van der Waals surface area (Å²) in [7, 11) is 0. The summed E-state index contributed by atoms with van der Waals surface area (Å²) in [6.45, 7) is 4.01. The molecule has 22 heavy (non-hydrogen) atoms. The van der Waals surface area contributed by atoms with Gasteiger partial charge in [0.25, 0.3) is 0 Å². The Bertz CT molecular complexity index is 712. The standard InChI is InChI=1S/C17H17Cl2NO2/c1-10-5-16(11(2)20(10)14-3-4-14)17(21)9-22-15-7-12(18)6-13(19)8-15/h5-8,14H,3-4,9H2,1-2H3. The zero-order chi connectivity index (χ0) is 15.9. The first kappa shape index (κ1) is 15.4. The van der Waals surface area contributed by atoms with Crippen molar-refractivity contribution in [3.8, 4) is 5.75 Å². The Morgan fingerprint density at radius 2 is 1.82 bits per heavy atom. The summed E-state index contributed by atoms with van der Waals surface area (Å²) in [5, 5.41) is 0.976. The van der Waals surface area contributed by atoms with E-state index in [9.17, 15) is 4.79 Å². The molecule has 1 aromatic carbocycles. The van der Waals surface area contributed by atoms with Crippen LogP contribution in [0.1, 0.15) is 40.6 Å². The van der Waals surface area contributed by atoms with Gasteiger partial charge in [0.05, 0.1) is 0 Å². The molecule has 0 atom stereocenters. The van der Waals surface area contributed by atoms with E-state index in [1.54, 1.807) is 18.2 Å². The number of nitrogens with zero attached hydrogens (tertiary/aromatic N) is 1. The van der Waals surface area contributed by atoms with E-state index >= 15 is 0 Å². The second-order valence-corrected chi connectivity index (χ2v) is 6.58. The number of ketones is 1. The third kappa shape index (κ3) is 3.16. The zero-order valence-corrected chi connectivity index (χ0v) is 14.0. The van der Waals surface area contributed by atoms with Gasteiger partial charge < -0.3 is 9.30 Å². The van der Waals surface area contributed by atoms with E-state index in [1.807, 2.05) is 19.9 Å². The monoisotopic (exact) mass is 337 g/mol. The molecule has 116 valence electrons. The van der Waals surface area contributed by atoms with Gasteiger partial charge in [0.15, 0.2) is 6.61 Å². The Kier molecular flexibility index (Phi) is 4.20. The first-order chi connectivity index (χ1) is 10.5. The number of halogens is 2. The molecular formula is C17H17Cl2NO2. The molecule has 0 saturated heterocycles. The van der Waals surface area contributed by atoms with Crippen molar-refractivity contribution in [3.63, 3.8) is 0 Å². The number of carbonyl (C=O) groups is 1. The van der Waals surface area contributed by atoms with E-state index in [0.29, 0.717) is 21.8 Å². The number of benzene rings is 1. The van der Waals surface area contributed by atoms with Crippen molar-refractivity contribution in [2.24, 2.45) is 0 Å². The Labute approximate surface area is 139 Å². The van der Waals surface area contributed by atoms with Gasteiger partial charge in [-0.2, -0.15) is 0 Å². The first-order valence-corrected chi connectivity index (χ1v) is 8.02. The topological polar surface area (TPSA) is 31.2 Å². The van der Waals surface area contributed by atoms with Crippen molar-refractivity contribution < 1.29 is 9.53 Å². The maximum absolute atomic E-state index is 12.4. The highest BCUT2D eigenvalue weighted by Crippen LogP contribution is 2.38. The number of aryl methyl sites for hydroxylation is 1. The van der Waals surface area contributed by atoms with E-state index in [-0.39, 0.29) is 12.4 Å². The molecule has 1 heterocycles. The van der Waals surface area contributed by atoms with E-state index in [1.165, 1.54) is 12.8 Å². The van der Waals surface area contributed by atoms with Crippen LogP contribution < -0.4 is 4.74 Å². The minimum absolute atomic E-state index is 0.0222. The number of carbonyl (C=O) groups excluding carboxylic acids is 1. The molecular weight excluding hydrogens is 321 g/mol. The van der Waals surface area contributed by atoms with Crippen molar-refractivity contribution in [3.05, 3.63) is 51.3 Å². The van der Waals surface area contributed by atoms with Crippen LogP contribution in [0.25, 0.3) is 0 Å². The summed E-state index contributed by atoms with van der Waals surface area (Å²) in [5.41, 5.74) is 2.89. The SMILES string of the molecule is Cc1cc(C(=O)COc2cc(Cl)cc(Cl)c2)c(C)n1C1CC1. The number of Topliss-reactive ketones (excluding diaryl/α,β-unsaturated/α-hetero) is 1. The molecule has 0 bridgehead atoms. The number of aromatic nitrogens is 1. The highest BCUT2D eigenvalue weighted by Gasteiger charge is 2.28. The van der Waals surface area contributed by atoms with Crippen LogP contribution in [0.3, 0.4) is 0 Å². The smallest absolute Gasteiger partial charge is 0.202 e. The Morgan fingerprint density at radius 3 is 2.41 bits per heavy atom. The van der Waals surface area contributed by atoms with Crippen LogP contribution in [0.5, 0.6) is 5.75 Å². The minimum Gasteiger partial charge on any atom is -0.485 e. The molecule has 1 aliphatic carbocycles. The molecule has 0 N–H and O–H groups in total. The van der Waals surface area contributed by atoms with Gasteiger partial charge in [0.2, 0.25) is 5.78 Å². The molecule has 5 heteroatoms. The van der Waals surface area contributed by atoms with Crippen molar-refractivity contribution in [1.82, 2.24) is 4.57 Å². The molecule has 0 amide bonds. The molecule has 1 fully saturated rings. The quantitative estimate of drug-likeness (QED) is 0.718. The van der Waals surface area contributed by atoms with E-state index in [4.69, 9.17) is 27.9 Å². The minimum atomic E-state index is -0.0314. The number of hydrogen-bond donors (Lipinski definition) is 0. The van der Waals surface area contributed by atoms with Gasteiger partial charge in [-0.3, -0.25) is 4.79 Å². The maximum Gasteiger partial charge on any atom is 0.202 e. The molecule has 2 aromatic rings. The highest BCUT2D eigenvalue weighted by atomic mass is 35.5. The van der Waals surface area contributed by atoms with Crippen molar-refractivity contribution in [1.29, 1.82) is 0 Å². The molecule has 1 aliphatic rings. The van der Waals surface area contributed by atoms with Crippen LogP contribution in [0.15, 0.2) is 24.3 Å². The Morgan fingerprint density at radius 1 is 1.18 bits per heavy atom. The van der Waals surface area contributed by atoms with Gasteiger partial charge in [-0.25, -0.2) is 0 Å². The Hall–Kier alpha value is -1.45. The van der Waals surface area contributed by atoms with Gasteiger partial charge in [-0.1, -0.05) is 23.2 Å². The van der Waals surface area contributed by atoms with Crippen LogP contribution in [-0.4, -0.2) is 17.0 Å². The second-order valence-electron chi connectivity index (χ2n) is 5.70. The van der Waals surface area contributed by atoms with Gasteiger partial charge >= 0.3 is 0 Å². The predicted octanol–water partition coefficient (Wildman–Crippen LogP) is 5.01. The largest absolute Gasteiger partial charge is 0.485 e. The van der Waals surface area contributed by atoms with Crippen LogP contribution in [-0.2, 0) is 0 Å². The van der Waals surface area contributed by atoms with Gasteiger partial charge in [0, 0.05) is 33.0 Å². The fraction of sp³-hybridized carbons (Fsp3) is 0.353. The molecule has 1 saturated carbocycles. The van der Waals surface area contributed by atoms with Crippen LogP contribution >= 0.6 is 23.2 Å². The van der Waals surface area contributed by atoms with Crippen LogP contribution in [0.4, 0.5) is 0 Å². The van der Waals surface area contributed by atoms with Crippen LogP contribution in [0.2, 0.25) is 10.0 Å². The summed E-state index contributed by atoms with van der Waals surface area (Å²) < 4.78 is 7.79. The summed E-state index contributed by atoms with van der Waals surface area (Å²) in [5.74, 6) is 0.470. The third-order valence-corrected chi connectivity index (χ3v) is 4.34. The molecule has 3 rings (SSSR count). The van der Waals surface area contributed by atoms with Gasteiger partial charge in [0.1, 0.15) is 5.75 Å². The number of hydrogen-bond acceptors (Lipinski definition) is 2. The number of ether oxygens (including phenoxy) is 1. The van der Waals surface area contributed by atoms with E-state index < -0.39 is 0 Å². The van der Waals surface area contributed by atoms with Crippen molar-refractivity contribution >= 4 is 29.0 Å². The molecule has 0 radical (unpaired) electrons. The molecule has 3 nitrogen and oxygen atoms in total. The predicted molar refractivity (Wildman–Crippen MR) is 88.5 cm³/mol. The summed E-state index contributed by atoms with van der Waals surface area (Å²) in [4.78, 5) is 12.4. The zero-order valence-electron chi connectivity index (χ0n) is 12.5. The van der Waals surface area contributed by atoms with Gasteiger partial charge in [-0.15, -0.1) is 0 Å². The lowest BCUT2D eigenvalue weighted by atomic mass is 10.1. The number of rotatable bonds is 5. The average molecular weight is 338 g/mol. The van der Waals surface area contributed by atoms with Crippen molar-refractivity contribution in [2.45, 2.75) is 32.7 Å². The van der Waals surface area contributed by atoms with Gasteiger partial charge in [-0.05, 0) is 51.0 Å². The molecule has 0 unspecified atom stereocenters. The van der Waals surface area contributed by atoms with Crippen molar-refractivity contribution in [2.75, 3.05) is 6.61 Å². The fourth-order valence-corrected chi connectivity index (χ4v) is 3.30. The first-order valence-electron chi connectivity index (χ1n) is 7.26. The Balaban J connectivity index is 1.73. The average Bonchev–Trinajstić information content (AvgIpc) is 3.21. The van der Waals surface area contributed by atoms with E-state index in [0.717, 1.165) is 17.0 Å². The highest BCUT2D eigenvalue weighted by molar-refractivity contribution is 6.34. The van der Waals surface area contributed by atoms with E-state index in [2.05, 4.69) is 4.57 Å². The summed E-state index contributed by atoms with van der Waals surface area (Å²) in [6.07, 6.45) is 2.39.